The van der Waals surface area contributed by atoms with E-state index >= 15 is 0 Å². The minimum Gasteiger partial charge on any atom is -0.353 e. The molecule has 2 aromatic heterocycles. The van der Waals surface area contributed by atoms with Crippen LogP contribution in [-0.2, 0) is 0 Å². The summed E-state index contributed by atoms with van der Waals surface area (Å²) in [5, 5.41) is 0. The van der Waals surface area contributed by atoms with Gasteiger partial charge < -0.3 is 4.98 Å². The lowest BCUT2D eigenvalue weighted by atomic mass is 9.97. The van der Waals surface area contributed by atoms with Crippen molar-refractivity contribution >= 4 is 18.0 Å². The van der Waals surface area contributed by atoms with Gasteiger partial charge in [0.15, 0.2) is 6.29 Å². The number of nitrogens with zero attached hydrogens (tertiary/aromatic N) is 1. The molecule has 138 valence electrons. The molecule has 28 heavy (non-hydrogen) atoms. The zero-order valence-electron chi connectivity index (χ0n) is 15.1. The second kappa shape index (κ2) is 7.82. The van der Waals surface area contributed by atoms with Gasteiger partial charge in [-0.05, 0) is 71.5 Å². The Bertz CT molecular complexity index is 1100. The summed E-state index contributed by atoms with van der Waals surface area (Å²) >= 11 is 1.66. The number of rotatable bonds is 5. The van der Waals surface area contributed by atoms with Gasteiger partial charge in [-0.2, -0.15) is 0 Å². The maximum absolute atomic E-state index is 13.4. The van der Waals surface area contributed by atoms with Gasteiger partial charge in [0.2, 0.25) is 0 Å². The predicted molar refractivity (Wildman–Crippen MR) is 112 cm³/mol. The highest BCUT2D eigenvalue weighted by molar-refractivity contribution is 7.98. The Morgan fingerprint density at radius 2 is 1.46 bits per heavy atom. The minimum absolute atomic E-state index is 0.302. The third-order valence-electron chi connectivity index (χ3n) is 4.64. The maximum atomic E-state index is 13.4. The van der Waals surface area contributed by atoms with Gasteiger partial charge in [-0.3, -0.25) is 9.78 Å². The largest absolute Gasteiger partial charge is 0.353 e. The quantitative estimate of drug-likeness (QED) is 0.333. The summed E-state index contributed by atoms with van der Waals surface area (Å²) in [4.78, 5) is 20.7. The lowest BCUT2D eigenvalue weighted by molar-refractivity contribution is 0.112. The number of nitrogens with one attached hydrogen (secondary N) is 1. The molecule has 5 heteroatoms. The van der Waals surface area contributed by atoms with E-state index in [-0.39, 0.29) is 5.82 Å². The third kappa shape index (κ3) is 3.37. The molecule has 0 aliphatic heterocycles. The number of thioether (sulfide) groups is 1. The standard InChI is InChI=1S/C23H17FN2OS/c1-28-19-8-4-16(5-9-19)22-20(14-27)21(15-10-12-25-13-11-15)23(26-22)17-2-6-18(24)7-3-17/h2-14,26H,1H3. The van der Waals surface area contributed by atoms with Crippen LogP contribution in [0.5, 0.6) is 0 Å². The van der Waals surface area contributed by atoms with Crippen LogP contribution in [0.15, 0.2) is 78.0 Å². The van der Waals surface area contributed by atoms with Crippen LogP contribution < -0.4 is 0 Å². The summed E-state index contributed by atoms with van der Waals surface area (Å²) in [6, 6.07) is 18.0. The molecule has 0 unspecified atom stereocenters. The molecule has 0 fully saturated rings. The Balaban J connectivity index is 1.97. The molecule has 0 aliphatic carbocycles. The monoisotopic (exact) mass is 388 g/mol. The Kier molecular flexibility index (Phi) is 5.08. The Morgan fingerprint density at radius 1 is 0.857 bits per heavy atom. The number of aldehydes is 1. The van der Waals surface area contributed by atoms with Crippen LogP contribution in [-0.4, -0.2) is 22.5 Å². The summed E-state index contributed by atoms with van der Waals surface area (Å²) in [6.07, 6.45) is 6.28. The van der Waals surface area contributed by atoms with Gasteiger partial charge in [-0.15, -0.1) is 11.8 Å². The fraction of sp³-hybridized carbons (Fsp3) is 0.0435. The first kappa shape index (κ1) is 18.2. The highest BCUT2D eigenvalue weighted by atomic mass is 32.2. The zero-order valence-corrected chi connectivity index (χ0v) is 16.0. The van der Waals surface area contributed by atoms with Crippen molar-refractivity contribution in [2.24, 2.45) is 0 Å². The normalized spacial score (nSPS) is 10.8. The van der Waals surface area contributed by atoms with E-state index in [4.69, 9.17) is 0 Å². The van der Waals surface area contributed by atoms with Crippen LogP contribution >= 0.6 is 11.8 Å². The number of pyridine rings is 1. The molecule has 2 heterocycles. The van der Waals surface area contributed by atoms with Gasteiger partial charge in [-0.25, -0.2) is 4.39 Å². The molecule has 4 rings (SSSR count). The molecule has 0 amide bonds. The number of H-pyrrole nitrogens is 1. The van der Waals surface area contributed by atoms with Gasteiger partial charge >= 0.3 is 0 Å². The fourth-order valence-electron chi connectivity index (χ4n) is 3.27. The minimum atomic E-state index is -0.302. The maximum Gasteiger partial charge on any atom is 0.152 e. The Hall–Kier alpha value is -3.18. The van der Waals surface area contributed by atoms with E-state index < -0.39 is 0 Å². The average molecular weight is 388 g/mol. The van der Waals surface area contributed by atoms with E-state index in [0.29, 0.717) is 5.56 Å². The SMILES string of the molecule is CSc1ccc(-c2[nH]c(-c3ccc(F)cc3)c(-c3ccncc3)c2C=O)cc1. The Labute approximate surface area is 166 Å². The Morgan fingerprint density at radius 3 is 2.07 bits per heavy atom. The van der Waals surface area contributed by atoms with E-state index in [9.17, 15) is 9.18 Å². The van der Waals surface area contributed by atoms with E-state index in [1.54, 1.807) is 36.3 Å². The van der Waals surface area contributed by atoms with Crippen molar-refractivity contribution in [1.29, 1.82) is 0 Å². The first-order valence-electron chi connectivity index (χ1n) is 8.73. The van der Waals surface area contributed by atoms with Gasteiger partial charge in [0.1, 0.15) is 5.82 Å². The van der Waals surface area contributed by atoms with E-state index in [2.05, 4.69) is 9.97 Å². The zero-order chi connectivity index (χ0) is 19.5. The molecule has 3 nitrogen and oxygen atoms in total. The third-order valence-corrected chi connectivity index (χ3v) is 5.38. The lowest BCUT2D eigenvalue weighted by Crippen LogP contribution is -1.88. The van der Waals surface area contributed by atoms with Crippen molar-refractivity contribution in [2.75, 3.05) is 6.26 Å². The second-order valence-corrected chi connectivity index (χ2v) is 7.13. The number of carbonyl (C=O) groups is 1. The van der Waals surface area contributed by atoms with E-state index in [0.717, 1.165) is 44.8 Å². The van der Waals surface area contributed by atoms with Gasteiger partial charge in [-0.1, -0.05) is 12.1 Å². The summed E-state index contributed by atoms with van der Waals surface area (Å²) in [5.74, 6) is -0.302. The molecular weight excluding hydrogens is 371 g/mol. The molecule has 0 bridgehead atoms. The fourth-order valence-corrected chi connectivity index (χ4v) is 3.68. The molecule has 4 aromatic rings. The molecule has 0 atom stereocenters. The molecule has 1 N–H and O–H groups in total. The number of aromatic nitrogens is 2. The number of benzene rings is 2. The van der Waals surface area contributed by atoms with Crippen LogP contribution in [0.3, 0.4) is 0 Å². The smallest absolute Gasteiger partial charge is 0.152 e. The molecule has 0 aliphatic rings. The second-order valence-electron chi connectivity index (χ2n) is 6.25. The van der Waals surface area contributed by atoms with Crippen molar-refractivity contribution in [1.82, 2.24) is 9.97 Å². The average Bonchev–Trinajstić information content (AvgIpc) is 3.14. The summed E-state index contributed by atoms with van der Waals surface area (Å²) in [6.45, 7) is 0. The van der Waals surface area contributed by atoms with Gasteiger partial charge in [0.25, 0.3) is 0 Å². The summed E-state index contributed by atoms with van der Waals surface area (Å²) < 4.78 is 13.4. The lowest BCUT2D eigenvalue weighted by Gasteiger charge is -2.06. The summed E-state index contributed by atoms with van der Waals surface area (Å²) in [5.41, 5.74) is 5.48. The van der Waals surface area contributed by atoms with Gasteiger partial charge in [0.05, 0.1) is 11.4 Å². The van der Waals surface area contributed by atoms with Crippen LogP contribution in [0.4, 0.5) is 4.39 Å². The molecule has 0 saturated carbocycles. The van der Waals surface area contributed by atoms with Crippen molar-refractivity contribution in [2.45, 2.75) is 4.90 Å². The molecule has 0 radical (unpaired) electrons. The van der Waals surface area contributed by atoms with Crippen molar-refractivity contribution in [3.63, 3.8) is 0 Å². The van der Waals surface area contributed by atoms with Crippen molar-refractivity contribution in [3.8, 4) is 33.6 Å². The number of carbonyl (C=O) groups excluding carboxylic acids is 1. The number of aromatic amines is 1. The van der Waals surface area contributed by atoms with Crippen LogP contribution in [0.25, 0.3) is 33.6 Å². The molecule has 0 spiro atoms. The van der Waals surface area contributed by atoms with Crippen LogP contribution in [0, 0.1) is 5.82 Å². The number of hydrogen-bond acceptors (Lipinski definition) is 3. The molecule has 0 saturated heterocycles. The van der Waals surface area contributed by atoms with Crippen molar-refractivity contribution < 1.29 is 9.18 Å². The topological polar surface area (TPSA) is 45.8 Å². The molecule has 2 aromatic carbocycles. The van der Waals surface area contributed by atoms with E-state index in [1.165, 1.54) is 12.1 Å². The highest BCUT2D eigenvalue weighted by Crippen LogP contribution is 2.39. The molecular formula is C23H17FN2OS. The first-order chi connectivity index (χ1) is 13.7. The van der Waals surface area contributed by atoms with Crippen LogP contribution in [0.2, 0.25) is 0 Å². The number of hydrogen-bond donors (Lipinski definition) is 1. The highest BCUT2D eigenvalue weighted by Gasteiger charge is 2.20. The number of halogens is 1. The van der Waals surface area contributed by atoms with Crippen molar-refractivity contribution in [3.05, 3.63) is 84.4 Å². The summed E-state index contributed by atoms with van der Waals surface area (Å²) in [7, 11) is 0. The first-order valence-corrected chi connectivity index (χ1v) is 9.95. The van der Waals surface area contributed by atoms with Gasteiger partial charge in [0, 0.05) is 28.4 Å². The predicted octanol–water partition coefficient (Wildman–Crippen LogP) is 6.08. The van der Waals surface area contributed by atoms with Crippen LogP contribution in [0.1, 0.15) is 10.4 Å². The van der Waals surface area contributed by atoms with E-state index in [1.807, 2.05) is 42.7 Å².